The third-order valence-corrected chi connectivity index (χ3v) is 5.08. The fourth-order valence-electron chi connectivity index (χ4n) is 3.77. The Bertz CT molecular complexity index is 734. The first-order valence-corrected chi connectivity index (χ1v) is 8.55. The van der Waals surface area contributed by atoms with Crippen LogP contribution in [0.2, 0.25) is 0 Å². The minimum atomic E-state index is -0.0312. The standard InChI is InChI=1S/C20H22N2O2/c1-22(18-11-10-14-6-2-4-8-17(14)18)20(23)21-13-16-12-15-7-3-5-9-19(15)24-16/h2-9,16,18H,10-13H2,1H3,(H,21,23). The summed E-state index contributed by atoms with van der Waals surface area (Å²) in [6, 6.07) is 16.6. The average molecular weight is 322 g/mol. The molecule has 2 aliphatic rings. The SMILES string of the molecule is CN(C(=O)NCC1Cc2ccccc2O1)C1CCc2ccccc21. The first kappa shape index (κ1) is 15.1. The van der Waals surface area contributed by atoms with E-state index >= 15 is 0 Å². The Morgan fingerprint density at radius 3 is 2.75 bits per heavy atom. The molecule has 0 spiro atoms. The molecule has 1 aliphatic heterocycles. The molecular weight excluding hydrogens is 300 g/mol. The Morgan fingerprint density at radius 1 is 1.17 bits per heavy atom. The Morgan fingerprint density at radius 2 is 1.92 bits per heavy atom. The van der Waals surface area contributed by atoms with Gasteiger partial charge in [0.1, 0.15) is 11.9 Å². The number of ether oxygens (including phenoxy) is 1. The van der Waals surface area contributed by atoms with Gasteiger partial charge in [0.2, 0.25) is 0 Å². The Balaban J connectivity index is 1.34. The monoisotopic (exact) mass is 322 g/mol. The van der Waals surface area contributed by atoms with Crippen LogP contribution in [0.1, 0.15) is 29.2 Å². The lowest BCUT2D eigenvalue weighted by atomic mass is 10.1. The molecule has 2 amide bonds. The molecule has 0 bridgehead atoms. The number of amides is 2. The van der Waals surface area contributed by atoms with E-state index in [0.29, 0.717) is 6.54 Å². The Labute approximate surface area is 142 Å². The summed E-state index contributed by atoms with van der Waals surface area (Å²) in [7, 11) is 1.88. The van der Waals surface area contributed by atoms with Gasteiger partial charge in [0.05, 0.1) is 12.6 Å². The molecule has 2 aromatic carbocycles. The van der Waals surface area contributed by atoms with Crippen LogP contribution in [-0.2, 0) is 12.8 Å². The normalized spacial score (nSPS) is 20.9. The van der Waals surface area contributed by atoms with Crippen molar-refractivity contribution in [2.45, 2.75) is 31.4 Å². The van der Waals surface area contributed by atoms with Gasteiger partial charge < -0.3 is 15.0 Å². The highest BCUT2D eigenvalue weighted by Gasteiger charge is 2.29. The molecule has 1 N–H and O–H groups in total. The van der Waals surface area contributed by atoms with E-state index in [1.165, 1.54) is 16.7 Å². The van der Waals surface area contributed by atoms with Crippen LogP contribution < -0.4 is 10.1 Å². The summed E-state index contributed by atoms with van der Waals surface area (Å²) in [5, 5.41) is 3.03. The molecule has 0 fully saturated rings. The molecule has 0 radical (unpaired) electrons. The number of nitrogens with zero attached hydrogens (tertiary/aromatic N) is 1. The molecule has 2 unspecified atom stereocenters. The Hall–Kier alpha value is -2.49. The maximum atomic E-state index is 12.5. The number of rotatable bonds is 3. The van der Waals surface area contributed by atoms with Crippen LogP contribution >= 0.6 is 0 Å². The molecule has 4 rings (SSSR count). The van der Waals surface area contributed by atoms with Crippen molar-refractivity contribution < 1.29 is 9.53 Å². The van der Waals surface area contributed by atoms with Gasteiger partial charge in [-0.3, -0.25) is 0 Å². The zero-order chi connectivity index (χ0) is 16.5. The number of para-hydroxylation sites is 1. The van der Waals surface area contributed by atoms with E-state index in [-0.39, 0.29) is 18.2 Å². The van der Waals surface area contributed by atoms with E-state index in [0.717, 1.165) is 25.0 Å². The van der Waals surface area contributed by atoms with Crippen molar-refractivity contribution in [3.05, 3.63) is 65.2 Å². The van der Waals surface area contributed by atoms with Gasteiger partial charge in [0.15, 0.2) is 0 Å². The lowest BCUT2D eigenvalue weighted by molar-refractivity contribution is 0.178. The zero-order valence-electron chi connectivity index (χ0n) is 13.9. The number of benzene rings is 2. The van der Waals surface area contributed by atoms with Crippen molar-refractivity contribution in [1.29, 1.82) is 0 Å². The summed E-state index contributed by atoms with van der Waals surface area (Å²) in [5.41, 5.74) is 3.85. The minimum absolute atomic E-state index is 0.0237. The quantitative estimate of drug-likeness (QED) is 0.942. The summed E-state index contributed by atoms with van der Waals surface area (Å²) >= 11 is 0. The predicted octanol–water partition coefficient (Wildman–Crippen LogP) is 3.32. The summed E-state index contributed by atoms with van der Waals surface area (Å²) in [6.45, 7) is 0.534. The summed E-state index contributed by atoms with van der Waals surface area (Å²) in [4.78, 5) is 14.4. The molecule has 4 nitrogen and oxygen atoms in total. The molecular formula is C20H22N2O2. The van der Waals surface area contributed by atoms with Gasteiger partial charge in [-0.05, 0) is 35.6 Å². The van der Waals surface area contributed by atoms with E-state index in [4.69, 9.17) is 4.74 Å². The molecule has 1 aliphatic carbocycles. The smallest absolute Gasteiger partial charge is 0.317 e. The predicted molar refractivity (Wildman–Crippen MR) is 93.2 cm³/mol. The van der Waals surface area contributed by atoms with E-state index in [1.54, 1.807) is 0 Å². The van der Waals surface area contributed by atoms with Gasteiger partial charge in [-0.2, -0.15) is 0 Å². The molecule has 0 saturated carbocycles. The Kier molecular flexibility index (Phi) is 3.89. The number of carbonyl (C=O) groups excluding carboxylic acids is 1. The van der Waals surface area contributed by atoms with Crippen LogP contribution in [0.25, 0.3) is 0 Å². The molecule has 0 saturated heterocycles. The highest BCUT2D eigenvalue weighted by Crippen LogP contribution is 2.34. The van der Waals surface area contributed by atoms with Crippen LogP contribution in [0.15, 0.2) is 48.5 Å². The number of urea groups is 1. The topological polar surface area (TPSA) is 41.6 Å². The number of hydrogen-bond donors (Lipinski definition) is 1. The number of fused-ring (bicyclic) bond motifs is 2. The lowest BCUT2D eigenvalue weighted by Crippen LogP contribution is -2.43. The number of aryl methyl sites for hydroxylation is 1. The van der Waals surface area contributed by atoms with Crippen LogP contribution in [0, 0.1) is 0 Å². The molecule has 4 heteroatoms. The third-order valence-electron chi connectivity index (χ3n) is 5.08. The zero-order valence-corrected chi connectivity index (χ0v) is 13.9. The van der Waals surface area contributed by atoms with Crippen molar-refractivity contribution in [1.82, 2.24) is 10.2 Å². The van der Waals surface area contributed by atoms with Gasteiger partial charge in [-0.15, -0.1) is 0 Å². The molecule has 1 heterocycles. The van der Waals surface area contributed by atoms with Crippen molar-refractivity contribution in [2.24, 2.45) is 0 Å². The second kappa shape index (κ2) is 6.19. The largest absolute Gasteiger partial charge is 0.488 e. The van der Waals surface area contributed by atoms with E-state index in [1.807, 2.05) is 36.2 Å². The van der Waals surface area contributed by atoms with Crippen LogP contribution in [0.4, 0.5) is 4.79 Å². The molecule has 2 atom stereocenters. The van der Waals surface area contributed by atoms with E-state index < -0.39 is 0 Å². The molecule has 24 heavy (non-hydrogen) atoms. The van der Waals surface area contributed by atoms with E-state index in [9.17, 15) is 4.79 Å². The number of hydrogen-bond acceptors (Lipinski definition) is 2. The van der Waals surface area contributed by atoms with Crippen molar-refractivity contribution in [3.63, 3.8) is 0 Å². The number of nitrogens with one attached hydrogen (secondary N) is 1. The third kappa shape index (κ3) is 2.73. The summed E-state index contributed by atoms with van der Waals surface area (Å²) < 4.78 is 5.89. The van der Waals surface area contributed by atoms with Crippen LogP contribution in [0.3, 0.4) is 0 Å². The van der Waals surface area contributed by atoms with Crippen LogP contribution in [-0.4, -0.2) is 30.6 Å². The second-order valence-corrected chi connectivity index (χ2v) is 6.60. The van der Waals surface area contributed by atoms with Crippen molar-refractivity contribution in [3.8, 4) is 5.75 Å². The fourth-order valence-corrected chi connectivity index (χ4v) is 3.77. The minimum Gasteiger partial charge on any atom is -0.488 e. The van der Waals surface area contributed by atoms with Gasteiger partial charge in [-0.1, -0.05) is 42.5 Å². The lowest BCUT2D eigenvalue weighted by Gasteiger charge is -2.26. The van der Waals surface area contributed by atoms with Gasteiger partial charge in [0, 0.05) is 13.5 Å². The first-order chi connectivity index (χ1) is 11.7. The van der Waals surface area contributed by atoms with Crippen molar-refractivity contribution >= 4 is 6.03 Å². The maximum absolute atomic E-state index is 12.5. The molecule has 2 aromatic rings. The number of carbonyl (C=O) groups is 1. The highest BCUT2D eigenvalue weighted by molar-refractivity contribution is 5.74. The second-order valence-electron chi connectivity index (χ2n) is 6.60. The average Bonchev–Trinajstić information content (AvgIpc) is 3.22. The molecule has 124 valence electrons. The van der Waals surface area contributed by atoms with Gasteiger partial charge >= 0.3 is 6.03 Å². The van der Waals surface area contributed by atoms with E-state index in [2.05, 4.69) is 29.6 Å². The fraction of sp³-hybridized carbons (Fsp3) is 0.350. The first-order valence-electron chi connectivity index (χ1n) is 8.55. The maximum Gasteiger partial charge on any atom is 0.317 e. The molecule has 0 aromatic heterocycles. The summed E-state index contributed by atoms with van der Waals surface area (Å²) in [5.74, 6) is 0.940. The van der Waals surface area contributed by atoms with Gasteiger partial charge in [0.25, 0.3) is 0 Å². The highest BCUT2D eigenvalue weighted by atomic mass is 16.5. The summed E-state index contributed by atoms with van der Waals surface area (Å²) in [6.07, 6.45) is 2.91. The van der Waals surface area contributed by atoms with Crippen molar-refractivity contribution in [2.75, 3.05) is 13.6 Å². The van der Waals surface area contributed by atoms with Gasteiger partial charge in [-0.25, -0.2) is 4.79 Å². The van der Waals surface area contributed by atoms with Crippen LogP contribution in [0.5, 0.6) is 5.75 Å².